The van der Waals surface area contributed by atoms with E-state index in [1.807, 2.05) is 24.3 Å². The van der Waals surface area contributed by atoms with Gasteiger partial charge >= 0.3 is 0 Å². The summed E-state index contributed by atoms with van der Waals surface area (Å²) >= 11 is 0. The van der Waals surface area contributed by atoms with Crippen molar-refractivity contribution in [2.24, 2.45) is 5.92 Å². The molecule has 0 bridgehead atoms. The van der Waals surface area contributed by atoms with Gasteiger partial charge in [0.2, 0.25) is 0 Å². The van der Waals surface area contributed by atoms with Gasteiger partial charge in [0.1, 0.15) is 0 Å². The monoisotopic (exact) mass is 504 g/mol. The van der Waals surface area contributed by atoms with Gasteiger partial charge in [-0.3, -0.25) is 0 Å². The molecular formula is C36H44N2. The number of nitrogens with two attached hydrogens (primary N) is 2. The largest absolute Gasteiger partial charge is 0.399 e. The molecule has 0 unspecified atom stereocenters. The van der Waals surface area contributed by atoms with Crippen molar-refractivity contribution in [1.29, 1.82) is 0 Å². The van der Waals surface area contributed by atoms with Crippen LogP contribution in [0.1, 0.15) is 78.8 Å². The van der Waals surface area contributed by atoms with Gasteiger partial charge in [-0.05, 0) is 102 Å². The van der Waals surface area contributed by atoms with Crippen molar-refractivity contribution < 1.29 is 0 Å². The van der Waals surface area contributed by atoms with E-state index in [-0.39, 0.29) is 0 Å². The molecule has 198 valence electrons. The van der Waals surface area contributed by atoms with Crippen LogP contribution in [0.3, 0.4) is 0 Å². The predicted molar refractivity (Wildman–Crippen MR) is 164 cm³/mol. The van der Waals surface area contributed by atoms with Crippen LogP contribution in [0.25, 0.3) is 0 Å². The summed E-state index contributed by atoms with van der Waals surface area (Å²) in [4.78, 5) is 0. The van der Waals surface area contributed by atoms with Crippen LogP contribution in [0.15, 0.2) is 97.1 Å². The second kappa shape index (κ2) is 14.4. The van der Waals surface area contributed by atoms with Gasteiger partial charge in [-0.25, -0.2) is 0 Å². The molecule has 4 N–H and O–H groups in total. The predicted octanol–water partition coefficient (Wildman–Crippen LogP) is 8.79. The Morgan fingerprint density at radius 3 is 1.16 bits per heavy atom. The van der Waals surface area contributed by atoms with Crippen molar-refractivity contribution >= 4 is 11.4 Å². The molecule has 0 spiro atoms. The summed E-state index contributed by atoms with van der Waals surface area (Å²) in [6.07, 6.45) is 12.1. The van der Waals surface area contributed by atoms with Crippen molar-refractivity contribution in [3.63, 3.8) is 0 Å². The Labute approximate surface area is 230 Å². The Hall–Kier alpha value is -3.52. The van der Waals surface area contributed by atoms with Gasteiger partial charge in [0.15, 0.2) is 0 Å². The second-order valence-corrected chi connectivity index (χ2v) is 10.9. The lowest BCUT2D eigenvalue weighted by Gasteiger charge is -2.17. The molecule has 0 aliphatic carbocycles. The van der Waals surface area contributed by atoms with Gasteiger partial charge < -0.3 is 11.5 Å². The van der Waals surface area contributed by atoms with Crippen molar-refractivity contribution in [1.82, 2.24) is 0 Å². The molecule has 0 heterocycles. The number of nitrogen functional groups attached to an aromatic ring is 2. The van der Waals surface area contributed by atoms with Gasteiger partial charge in [0, 0.05) is 11.4 Å². The summed E-state index contributed by atoms with van der Waals surface area (Å²) in [6, 6.07) is 34.9. The van der Waals surface area contributed by atoms with Crippen LogP contribution in [0, 0.1) is 5.92 Å². The highest BCUT2D eigenvalue weighted by Gasteiger charge is 2.10. The minimum absolute atomic E-state index is 0.783. The highest BCUT2D eigenvalue weighted by Crippen LogP contribution is 2.24. The van der Waals surface area contributed by atoms with Crippen molar-refractivity contribution in [2.45, 2.75) is 71.1 Å². The Balaban J connectivity index is 1.27. The number of aryl methyl sites for hydroxylation is 2. The van der Waals surface area contributed by atoms with E-state index in [0.29, 0.717) is 0 Å². The standard InChI is InChI=1S/C36H44N2/c1-2-3-4-5-28(6-8-29-10-14-31(15-11-29)26-33-18-22-35(37)23-19-33)7-9-30-12-16-32(17-13-30)27-34-20-24-36(38)25-21-34/h10-25,28H,2-9,26-27,37-38H2,1H3. The van der Waals surface area contributed by atoms with Crippen LogP contribution in [-0.2, 0) is 25.7 Å². The minimum atomic E-state index is 0.783. The molecule has 2 nitrogen and oxygen atoms in total. The van der Waals surface area contributed by atoms with Crippen LogP contribution < -0.4 is 11.5 Å². The highest BCUT2D eigenvalue weighted by atomic mass is 14.5. The fourth-order valence-electron chi connectivity index (χ4n) is 5.25. The zero-order valence-corrected chi connectivity index (χ0v) is 23.0. The van der Waals surface area contributed by atoms with E-state index in [1.54, 1.807) is 0 Å². The molecule has 2 heteroatoms. The molecule has 38 heavy (non-hydrogen) atoms. The van der Waals surface area contributed by atoms with Crippen LogP contribution in [-0.4, -0.2) is 0 Å². The Kier molecular flexibility index (Phi) is 10.4. The molecule has 4 aromatic rings. The summed E-state index contributed by atoms with van der Waals surface area (Å²) in [5.41, 5.74) is 21.5. The van der Waals surface area contributed by atoms with Gasteiger partial charge in [0.05, 0.1) is 0 Å². The third kappa shape index (κ3) is 9.10. The smallest absolute Gasteiger partial charge is 0.0314 e. The Bertz CT molecular complexity index is 1110. The maximum atomic E-state index is 5.82. The summed E-state index contributed by atoms with van der Waals surface area (Å²) in [5, 5.41) is 0. The van der Waals surface area contributed by atoms with E-state index in [9.17, 15) is 0 Å². The molecule has 0 aliphatic heterocycles. The molecule has 0 saturated carbocycles. The van der Waals surface area contributed by atoms with Gasteiger partial charge in [-0.15, -0.1) is 0 Å². The lowest BCUT2D eigenvalue weighted by molar-refractivity contribution is 0.402. The van der Waals surface area contributed by atoms with Crippen LogP contribution >= 0.6 is 0 Å². The molecule has 0 aromatic heterocycles. The first-order valence-electron chi connectivity index (χ1n) is 14.4. The number of hydrogen-bond acceptors (Lipinski definition) is 2. The van der Waals surface area contributed by atoms with Crippen molar-refractivity contribution in [3.05, 3.63) is 130 Å². The maximum absolute atomic E-state index is 5.82. The maximum Gasteiger partial charge on any atom is 0.0314 e. The Morgan fingerprint density at radius 2 is 0.789 bits per heavy atom. The van der Waals surface area contributed by atoms with E-state index < -0.39 is 0 Å². The molecule has 0 amide bonds. The lowest BCUT2D eigenvalue weighted by atomic mass is 9.88. The van der Waals surface area contributed by atoms with Gasteiger partial charge in [-0.2, -0.15) is 0 Å². The molecular weight excluding hydrogens is 460 g/mol. The minimum Gasteiger partial charge on any atom is -0.399 e. The summed E-state index contributed by atoms with van der Waals surface area (Å²) in [6.45, 7) is 2.30. The van der Waals surface area contributed by atoms with Crippen LogP contribution in [0.2, 0.25) is 0 Å². The molecule has 0 aliphatic rings. The Morgan fingerprint density at radius 1 is 0.447 bits per heavy atom. The van der Waals surface area contributed by atoms with E-state index >= 15 is 0 Å². The number of benzene rings is 4. The molecule has 0 fully saturated rings. The zero-order chi connectivity index (χ0) is 26.6. The summed E-state index contributed by atoms with van der Waals surface area (Å²) in [5.74, 6) is 0.783. The van der Waals surface area contributed by atoms with Crippen LogP contribution in [0.5, 0.6) is 0 Å². The topological polar surface area (TPSA) is 52.0 Å². The third-order valence-electron chi connectivity index (χ3n) is 7.72. The number of anilines is 2. The fourth-order valence-corrected chi connectivity index (χ4v) is 5.25. The molecule has 0 saturated heterocycles. The quantitative estimate of drug-likeness (QED) is 0.133. The number of rotatable bonds is 14. The van der Waals surface area contributed by atoms with Crippen molar-refractivity contribution in [3.8, 4) is 0 Å². The van der Waals surface area contributed by atoms with E-state index in [1.165, 1.54) is 84.7 Å². The average Bonchev–Trinajstić information content (AvgIpc) is 2.94. The van der Waals surface area contributed by atoms with Crippen molar-refractivity contribution in [2.75, 3.05) is 11.5 Å². The van der Waals surface area contributed by atoms with Gasteiger partial charge in [-0.1, -0.05) is 105 Å². The summed E-state index contributed by atoms with van der Waals surface area (Å²) in [7, 11) is 0. The molecule has 4 rings (SSSR count). The fraction of sp³-hybridized carbons (Fsp3) is 0.333. The first kappa shape index (κ1) is 27.5. The summed E-state index contributed by atoms with van der Waals surface area (Å²) < 4.78 is 0. The van der Waals surface area contributed by atoms with E-state index in [0.717, 1.165) is 30.1 Å². The second-order valence-electron chi connectivity index (χ2n) is 10.9. The average molecular weight is 505 g/mol. The highest BCUT2D eigenvalue weighted by molar-refractivity contribution is 5.41. The zero-order valence-electron chi connectivity index (χ0n) is 23.0. The normalized spacial score (nSPS) is 11.2. The lowest BCUT2D eigenvalue weighted by Crippen LogP contribution is -2.05. The SMILES string of the molecule is CCCCCC(CCc1ccc(Cc2ccc(N)cc2)cc1)CCc1ccc(Cc2ccc(N)cc2)cc1. The van der Waals surface area contributed by atoms with Gasteiger partial charge in [0.25, 0.3) is 0 Å². The number of unbranched alkanes of at least 4 members (excludes halogenated alkanes) is 2. The molecule has 4 aromatic carbocycles. The number of hydrogen-bond donors (Lipinski definition) is 2. The molecule has 0 atom stereocenters. The van der Waals surface area contributed by atoms with Crippen LogP contribution in [0.4, 0.5) is 11.4 Å². The first-order valence-corrected chi connectivity index (χ1v) is 14.4. The first-order chi connectivity index (χ1) is 18.6. The van der Waals surface area contributed by atoms with E-state index in [2.05, 4.69) is 79.7 Å². The third-order valence-corrected chi connectivity index (χ3v) is 7.72. The molecule has 0 radical (unpaired) electrons. The van der Waals surface area contributed by atoms with E-state index in [4.69, 9.17) is 11.5 Å².